The Bertz CT molecular complexity index is 1280. The first kappa shape index (κ1) is 26.1. The molecule has 1 N–H and O–H groups in total. The molecule has 1 aliphatic rings. The van der Waals surface area contributed by atoms with Gasteiger partial charge in [-0.1, -0.05) is 48.0 Å². The SMILES string of the molecule is O=C(NCc1ccc(OCc2ccc(F)cc2)cc1)C1CCN(S(=O)(=O)Cc2cccc(Cl)c2)CC1. The predicted molar refractivity (Wildman–Crippen MR) is 137 cm³/mol. The van der Waals surface area contributed by atoms with E-state index in [1.165, 1.54) is 16.4 Å². The predicted octanol–water partition coefficient (Wildman–Crippen LogP) is 4.92. The molecular formula is C27H28ClFN2O4S. The summed E-state index contributed by atoms with van der Waals surface area (Å²) in [5, 5.41) is 3.46. The largest absolute Gasteiger partial charge is 0.489 e. The van der Waals surface area contributed by atoms with E-state index in [1.807, 2.05) is 24.3 Å². The molecular weight excluding hydrogens is 503 g/mol. The maximum atomic E-state index is 13.0. The Morgan fingerprint density at radius 1 is 0.972 bits per heavy atom. The third-order valence-electron chi connectivity index (χ3n) is 6.17. The Kier molecular flexibility index (Phi) is 8.61. The van der Waals surface area contributed by atoms with Crippen LogP contribution in [0.1, 0.15) is 29.5 Å². The van der Waals surface area contributed by atoms with Crippen LogP contribution < -0.4 is 10.1 Å². The maximum absolute atomic E-state index is 13.0. The van der Waals surface area contributed by atoms with E-state index >= 15 is 0 Å². The van der Waals surface area contributed by atoms with Gasteiger partial charge in [0.2, 0.25) is 15.9 Å². The molecule has 4 rings (SSSR count). The normalized spacial score (nSPS) is 14.9. The second-order valence-corrected chi connectivity index (χ2v) is 11.2. The van der Waals surface area contributed by atoms with E-state index in [0.717, 1.165) is 11.1 Å². The molecule has 6 nitrogen and oxygen atoms in total. The van der Waals surface area contributed by atoms with Gasteiger partial charge in [-0.3, -0.25) is 4.79 Å². The molecule has 1 heterocycles. The number of halogens is 2. The summed E-state index contributed by atoms with van der Waals surface area (Å²) < 4.78 is 45.7. The molecule has 0 aromatic heterocycles. The lowest BCUT2D eigenvalue weighted by Gasteiger charge is -2.30. The van der Waals surface area contributed by atoms with Crippen molar-refractivity contribution in [3.63, 3.8) is 0 Å². The van der Waals surface area contributed by atoms with Gasteiger partial charge in [-0.15, -0.1) is 0 Å². The first-order valence-electron chi connectivity index (χ1n) is 11.7. The number of piperidine rings is 1. The third-order valence-corrected chi connectivity index (χ3v) is 8.25. The van der Waals surface area contributed by atoms with Crippen molar-refractivity contribution >= 4 is 27.5 Å². The van der Waals surface area contributed by atoms with Gasteiger partial charge in [-0.25, -0.2) is 17.1 Å². The number of carbonyl (C=O) groups is 1. The Labute approximate surface area is 216 Å². The first-order chi connectivity index (χ1) is 17.3. The monoisotopic (exact) mass is 530 g/mol. The fourth-order valence-electron chi connectivity index (χ4n) is 4.11. The van der Waals surface area contributed by atoms with E-state index < -0.39 is 10.0 Å². The van der Waals surface area contributed by atoms with E-state index in [2.05, 4.69) is 5.32 Å². The molecule has 0 atom stereocenters. The van der Waals surface area contributed by atoms with Gasteiger partial charge in [-0.2, -0.15) is 0 Å². The van der Waals surface area contributed by atoms with Crippen molar-refractivity contribution in [2.24, 2.45) is 5.92 Å². The standard InChI is InChI=1S/C27H28ClFN2O4S/c28-24-3-1-2-22(16-24)19-36(33,34)31-14-12-23(13-15-31)27(32)30-17-20-6-10-26(11-7-20)35-18-21-4-8-25(29)9-5-21/h1-11,16,23H,12-15,17-19H2,(H,30,32). The molecule has 0 radical (unpaired) electrons. The molecule has 1 aliphatic heterocycles. The van der Waals surface area contributed by atoms with Crippen molar-refractivity contribution in [3.05, 3.63) is 100 Å². The minimum Gasteiger partial charge on any atom is -0.489 e. The number of benzene rings is 3. The van der Waals surface area contributed by atoms with Gasteiger partial charge in [-0.05, 0) is 65.9 Å². The van der Waals surface area contributed by atoms with Crippen LogP contribution in [-0.4, -0.2) is 31.7 Å². The summed E-state index contributed by atoms with van der Waals surface area (Å²) in [6, 6.07) is 20.4. The van der Waals surface area contributed by atoms with Gasteiger partial charge in [0.15, 0.2) is 0 Å². The second kappa shape index (κ2) is 11.9. The van der Waals surface area contributed by atoms with Crippen LogP contribution in [0.3, 0.4) is 0 Å². The Morgan fingerprint density at radius 3 is 2.31 bits per heavy atom. The molecule has 190 valence electrons. The van der Waals surface area contributed by atoms with Crippen LogP contribution in [0.25, 0.3) is 0 Å². The minimum atomic E-state index is -3.47. The molecule has 0 aliphatic carbocycles. The molecule has 36 heavy (non-hydrogen) atoms. The molecule has 0 saturated carbocycles. The van der Waals surface area contributed by atoms with Crippen LogP contribution in [0.5, 0.6) is 5.75 Å². The van der Waals surface area contributed by atoms with E-state index in [9.17, 15) is 17.6 Å². The molecule has 0 spiro atoms. The molecule has 1 fully saturated rings. The van der Waals surface area contributed by atoms with E-state index in [1.54, 1.807) is 36.4 Å². The quantitative estimate of drug-likeness (QED) is 0.426. The summed E-state index contributed by atoms with van der Waals surface area (Å²) in [4.78, 5) is 12.7. The lowest BCUT2D eigenvalue weighted by atomic mass is 9.97. The number of sulfonamides is 1. The lowest BCUT2D eigenvalue weighted by molar-refractivity contribution is -0.126. The lowest BCUT2D eigenvalue weighted by Crippen LogP contribution is -2.43. The van der Waals surface area contributed by atoms with Crippen LogP contribution in [0.15, 0.2) is 72.8 Å². The summed E-state index contributed by atoms with van der Waals surface area (Å²) in [7, 11) is -3.47. The van der Waals surface area contributed by atoms with Gasteiger partial charge in [0.25, 0.3) is 0 Å². The van der Waals surface area contributed by atoms with Gasteiger partial charge in [0, 0.05) is 30.6 Å². The molecule has 0 unspecified atom stereocenters. The van der Waals surface area contributed by atoms with Crippen molar-refractivity contribution in [2.45, 2.75) is 31.7 Å². The maximum Gasteiger partial charge on any atom is 0.223 e. The average molecular weight is 531 g/mol. The summed E-state index contributed by atoms with van der Waals surface area (Å²) in [6.07, 6.45) is 0.966. The number of ether oxygens (including phenoxy) is 1. The average Bonchev–Trinajstić information content (AvgIpc) is 2.87. The highest BCUT2D eigenvalue weighted by molar-refractivity contribution is 7.88. The van der Waals surface area contributed by atoms with E-state index in [4.69, 9.17) is 16.3 Å². The zero-order valence-corrected chi connectivity index (χ0v) is 21.3. The highest BCUT2D eigenvalue weighted by Crippen LogP contribution is 2.23. The summed E-state index contributed by atoms with van der Waals surface area (Å²) in [5.74, 6) is 0.00312. The number of amides is 1. The van der Waals surface area contributed by atoms with Crippen LogP contribution in [-0.2, 0) is 33.7 Å². The minimum absolute atomic E-state index is 0.0708. The van der Waals surface area contributed by atoms with Gasteiger partial charge in [0.05, 0.1) is 5.75 Å². The Hall–Kier alpha value is -2.94. The molecule has 1 saturated heterocycles. The molecule has 3 aromatic rings. The second-order valence-electron chi connectivity index (χ2n) is 8.84. The Morgan fingerprint density at radius 2 is 1.64 bits per heavy atom. The van der Waals surface area contributed by atoms with Crippen LogP contribution >= 0.6 is 11.6 Å². The van der Waals surface area contributed by atoms with Crippen LogP contribution in [0.4, 0.5) is 4.39 Å². The summed E-state index contributed by atoms with van der Waals surface area (Å²) in [6.45, 7) is 1.36. The van der Waals surface area contributed by atoms with Gasteiger partial charge in [0.1, 0.15) is 18.2 Å². The highest BCUT2D eigenvalue weighted by Gasteiger charge is 2.31. The number of hydrogen-bond acceptors (Lipinski definition) is 4. The molecule has 1 amide bonds. The van der Waals surface area contributed by atoms with E-state index in [-0.39, 0.29) is 23.4 Å². The van der Waals surface area contributed by atoms with Gasteiger partial charge < -0.3 is 10.1 Å². The number of nitrogens with zero attached hydrogens (tertiary/aromatic N) is 1. The highest BCUT2D eigenvalue weighted by atomic mass is 35.5. The number of hydrogen-bond donors (Lipinski definition) is 1. The summed E-state index contributed by atoms with van der Waals surface area (Å²) >= 11 is 5.97. The van der Waals surface area contributed by atoms with Crippen molar-refractivity contribution < 1.29 is 22.3 Å². The zero-order valence-electron chi connectivity index (χ0n) is 19.7. The molecule has 9 heteroatoms. The molecule has 3 aromatic carbocycles. The van der Waals surface area contributed by atoms with Crippen molar-refractivity contribution in [1.29, 1.82) is 0 Å². The van der Waals surface area contributed by atoms with Crippen molar-refractivity contribution in [2.75, 3.05) is 13.1 Å². The number of rotatable bonds is 9. The van der Waals surface area contributed by atoms with Crippen molar-refractivity contribution in [3.8, 4) is 5.75 Å². The first-order valence-corrected chi connectivity index (χ1v) is 13.7. The van der Waals surface area contributed by atoms with Gasteiger partial charge >= 0.3 is 0 Å². The fraction of sp³-hybridized carbons (Fsp3) is 0.296. The van der Waals surface area contributed by atoms with Crippen LogP contribution in [0.2, 0.25) is 5.02 Å². The Balaban J connectivity index is 1.20. The number of carbonyl (C=O) groups excluding carboxylic acids is 1. The van der Waals surface area contributed by atoms with Crippen molar-refractivity contribution in [1.82, 2.24) is 9.62 Å². The number of nitrogens with one attached hydrogen (secondary N) is 1. The molecule has 0 bridgehead atoms. The topological polar surface area (TPSA) is 75.7 Å². The van der Waals surface area contributed by atoms with E-state index in [0.29, 0.717) is 55.4 Å². The summed E-state index contributed by atoms with van der Waals surface area (Å²) in [5.41, 5.74) is 2.45. The fourth-order valence-corrected chi connectivity index (χ4v) is 5.87. The third kappa shape index (κ3) is 7.29. The van der Waals surface area contributed by atoms with Crippen LogP contribution in [0, 0.1) is 11.7 Å². The zero-order chi connectivity index (χ0) is 25.5. The smallest absolute Gasteiger partial charge is 0.223 e.